The first-order valence-electron chi connectivity index (χ1n) is 6.39. The average molecular weight is 333 g/mol. The molecule has 1 aliphatic heterocycles. The number of aryl methyl sites for hydroxylation is 1. The largest absolute Gasteiger partial charge is 0.484 e. The van der Waals surface area contributed by atoms with E-state index in [2.05, 4.69) is 5.32 Å². The number of anilines is 1. The lowest BCUT2D eigenvalue weighted by atomic mass is 10.2. The van der Waals surface area contributed by atoms with Gasteiger partial charge < -0.3 is 15.8 Å². The van der Waals surface area contributed by atoms with Crippen LogP contribution in [0.4, 0.5) is 5.69 Å². The fraction of sp³-hybridized carbons (Fsp3) is 0.462. The SMILES string of the molecule is Cc1cc(N)ccc1OCC(=O)NC1CS(=O)(=O)CC1Cl. The average Bonchev–Trinajstić information content (AvgIpc) is 2.61. The molecule has 2 atom stereocenters. The Morgan fingerprint density at radius 2 is 2.19 bits per heavy atom. The maximum absolute atomic E-state index is 11.8. The number of nitrogens with one attached hydrogen (secondary N) is 1. The van der Waals surface area contributed by atoms with E-state index in [9.17, 15) is 13.2 Å². The van der Waals surface area contributed by atoms with Gasteiger partial charge in [-0.1, -0.05) is 0 Å². The molecule has 0 radical (unpaired) electrons. The number of alkyl halides is 1. The fourth-order valence-electron chi connectivity index (χ4n) is 2.16. The smallest absolute Gasteiger partial charge is 0.258 e. The lowest BCUT2D eigenvalue weighted by Crippen LogP contribution is -2.42. The molecular weight excluding hydrogens is 316 g/mol. The highest BCUT2D eigenvalue weighted by Gasteiger charge is 2.37. The quantitative estimate of drug-likeness (QED) is 0.617. The molecule has 1 aliphatic rings. The second-order valence-corrected chi connectivity index (χ2v) is 7.79. The molecule has 2 unspecified atom stereocenters. The molecule has 1 saturated heterocycles. The van der Waals surface area contributed by atoms with E-state index in [1.807, 2.05) is 6.92 Å². The van der Waals surface area contributed by atoms with Crippen molar-refractivity contribution < 1.29 is 17.9 Å². The van der Waals surface area contributed by atoms with E-state index in [0.29, 0.717) is 11.4 Å². The number of nitrogens with two attached hydrogens (primary N) is 1. The van der Waals surface area contributed by atoms with Crippen molar-refractivity contribution in [2.75, 3.05) is 23.8 Å². The Bertz CT molecular complexity index is 648. The molecule has 1 fully saturated rings. The third-order valence-corrected chi connectivity index (χ3v) is 5.56. The number of benzene rings is 1. The number of hydrogen-bond donors (Lipinski definition) is 2. The van der Waals surface area contributed by atoms with Crippen LogP contribution in [-0.4, -0.2) is 43.9 Å². The van der Waals surface area contributed by atoms with Gasteiger partial charge in [0.15, 0.2) is 16.4 Å². The van der Waals surface area contributed by atoms with Crippen LogP contribution in [0.5, 0.6) is 5.75 Å². The summed E-state index contributed by atoms with van der Waals surface area (Å²) in [6.07, 6.45) is 0. The van der Waals surface area contributed by atoms with Crippen molar-refractivity contribution >= 4 is 33.0 Å². The summed E-state index contributed by atoms with van der Waals surface area (Å²) in [6, 6.07) is 4.53. The number of nitrogen functional groups attached to an aromatic ring is 1. The first-order chi connectivity index (χ1) is 9.77. The van der Waals surface area contributed by atoms with Gasteiger partial charge in [-0.2, -0.15) is 0 Å². The van der Waals surface area contributed by atoms with Crippen LogP contribution in [-0.2, 0) is 14.6 Å². The Kier molecular flexibility index (Phi) is 4.63. The third-order valence-electron chi connectivity index (χ3n) is 3.19. The van der Waals surface area contributed by atoms with Crippen molar-refractivity contribution in [1.82, 2.24) is 5.32 Å². The van der Waals surface area contributed by atoms with E-state index in [-0.39, 0.29) is 18.1 Å². The molecule has 1 amide bonds. The molecular formula is C13H17ClN2O4S. The van der Waals surface area contributed by atoms with Gasteiger partial charge in [-0.3, -0.25) is 4.79 Å². The summed E-state index contributed by atoms with van der Waals surface area (Å²) in [7, 11) is -3.17. The molecule has 1 heterocycles. The van der Waals surface area contributed by atoms with Crippen LogP contribution in [0.25, 0.3) is 0 Å². The van der Waals surface area contributed by atoms with Crippen LogP contribution < -0.4 is 15.8 Å². The predicted octanol–water partition coefficient (Wildman–Crippen LogP) is 0.477. The van der Waals surface area contributed by atoms with Crippen molar-refractivity contribution in [3.63, 3.8) is 0 Å². The lowest BCUT2D eigenvalue weighted by Gasteiger charge is -2.15. The normalized spacial score (nSPS) is 23.7. The topological polar surface area (TPSA) is 98.5 Å². The number of halogens is 1. The van der Waals surface area contributed by atoms with Crippen LogP contribution in [0.2, 0.25) is 0 Å². The molecule has 2 rings (SSSR count). The minimum absolute atomic E-state index is 0.114. The van der Waals surface area contributed by atoms with E-state index in [4.69, 9.17) is 22.1 Å². The highest BCUT2D eigenvalue weighted by Crippen LogP contribution is 2.20. The Morgan fingerprint density at radius 3 is 2.76 bits per heavy atom. The van der Waals surface area contributed by atoms with Gasteiger partial charge in [0.2, 0.25) is 0 Å². The zero-order valence-corrected chi connectivity index (χ0v) is 13.1. The summed E-state index contributed by atoms with van der Waals surface area (Å²) >= 11 is 5.92. The highest BCUT2D eigenvalue weighted by atomic mass is 35.5. The van der Waals surface area contributed by atoms with Gasteiger partial charge in [0.05, 0.1) is 22.9 Å². The molecule has 21 heavy (non-hydrogen) atoms. The van der Waals surface area contributed by atoms with Crippen molar-refractivity contribution in [2.45, 2.75) is 18.3 Å². The standard InChI is InChI=1S/C13H17ClN2O4S/c1-8-4-9(15)2-3-12(8)20-5-13(17)16-11-7-21(18,19)6-10(11)14/h2-4,10-11H,5-7,15H2,1H3,(H,16,17). The van der Waals surface area contributed by atoms with Gasteiger partial charge in [-0.15, -0.1) is 11.6 Å². The summed E-state index contributed by atoms with van der Waals surface area (Å²) in [6.45, 7) is 1.62. The van der Waals surface area contributed by atoms with Crippen molar-refractivity contribution in [3.05, 3.63) is 23.8 Å². The second-order valence-electron chi connectivity index (χ2n) is 5.08. The van der Waals surface area contributed by atoms with Crippen molar-refractivity contribution in [3.8, 4) is 5.75 Å². The number of sulfone groups is 1. The molecule has 0 spiro atoms. The van der Waals surface area contributed by atoms with Gasteiger partial charge in [0.25, 0.3) is 5.91 Å². The van der Waals surface area contributed by atoms with Crippen LogP contribution >= 0.6 is 11.6 Å². The predicted molar refractivity (Wildman–Crippen MR) is 81.3 cm³/mol. The summed E-state index contributed by atoms with van der Waals surface area (Å²) in [5.41, 5.74) is 7.06. The van der Waals surface area contributed by atoms with Gasteiger partial charge in [-0.05, 0) is 30.7 Å². The molecule has 0 aliphatic carbocycles. The molecule has 8 heteroatoms. The number of carbonyl (C=O) groups is 1. The zero-order chi connectivity index (χ0) is 15.6. The zero-order valence-electron chi connectivity index (χ0n) is 11.5. The second kappa shape index (κ2) is 6.11. The summed E-state index contributed by atoms with van der Waals surface area (Å²) in [4.78, 5) is 11.8. The molecule has 0 bridgehead atoms. The van der Waals surface area contributed by atoms with Crippen molar-refractivity contribution in [1.29, 1.82) is 0 Å². The first kappa shape index (κ1) is 15.9. The summed E-state index contributed by atoms with van der Waals surface area (Å²) in [5, 5.41) is 1.99. The van der Waals surface area contributed by atoms with Crippen LogP contribution in [0.15, 0.2) is 18.2 Å². The van der Waals surface area contributed by atoms with E-state index in [1.165, 1.54) is 0 Å². The summed E-state index contributed by atoms with van der Waals surface area (Å²) < 4.78 is 28.2. The summed E-state index contributed by atoms with van der Waals surface area (Å²) in [5.74, 6) is -0.0922. The minimum atomic E-state index is -3.17. The molecule has 116 valence electrons. The maximum Gasteiger partial charge on any atom is 0.258 e. The molecule has 3 N–H and O–H groups in total. The minimum Gasteiger partial charge on any atom is -0.484 e. The van der Waals surface area contributed by atoms with E-state index in [1.54, 1.807) is 18.2 Å². The number of ether oxygens (including phenoxy) is 1. The molecule has 1 aromatic carbocycles. The lowest BCUT2D eigenvalue weighted by molar-refractivity contribution is -0.123. The molecule has 0 aromatic heterocycles. The first-order valence-corrected chi connectivity index (χ1v) is 8.65. The third kappa shape index (κ3) is 4.25. The van der Waals surface area contributed by atoms with Gasteiger partial charge in [0.1, 0.15) is 5.75 Å². The van der Waals surface area contributed by atoms with Gasteiger partial charge in [-0.25, -0.2) is 8.42 Å². The number of amides is 1. The van der Waals surface area contributed by atoms with E-state index >= 15 is 0 Å². The number of carbonyl (C=O) groups excluding carboxylic acids is 1. The molecule has 0 saturated carbocycles. The van der Waals surface area contributed by atoms with Gasteiger partial charge >= 0.3 is 0 Å². The monoisotopic (exact) mass is 332 g/mol. The van der Waals surface area contributed by atoms with E-state index in [0.717, 1.165) is 5.56 Å². The van der Waals surface area contributed by atoms with Crippen molar-refractivity contribution in [2.24, 2.45) is 0 Å². The number of hydrogen-bond acceptors (Lipinski definition) is 5. The Hall–Kier alpha value is -1.47. The van der Waals surface area contributed by atoms with Crippen LogP contribution in [0, 0.1) is 6.92 Å². The van der Waals surface area contributed by atoms with Gasteiger partial charge in [0, 0.05) is 5.69 Å². The van der Waals surface area contributed by atoms with Crippen LogP contribution in [0.1, 0.15) is 5.56 Å². The Labute approximate surface area is 128 Å². The Morgan fingerprint density at radius 1 is 1.48 bits per heavy atom. The Balaban J connectivity index is 1.88. The molecule has 6 nitrogen and oxygen atoms in total. The molecule has 1 aromatic rings. The highest BCUT2D eigenvalue weighted by molar-refractivity contribution is 7.91. The number of rotatable bonds is 4. The van der Waals surface area contributed by atoms with Crippen LogP contribution in [0.3, 0.4) is 0 Å². The maximum atomic E-state index is 11.8. The van der Waals surface area contributed by atoms with E-state index < -0.39 is 27.2 Å². The fourth-order valence-corrected chi connectivity index (χ4v) is 4.71.